The van der Waals surface area contributed by atoms with E-state index in [1.54, 1.807) is 0 Å². The zero-order valence-electron chi connectivity index (χ0n) is 7.43. The highest BCUT2D eigenvalue weighted by Crippen LogP contribution is 2.27. The Morgan fingerprint density at radius 2 is 2.00 bits per heavy atom. The van der Waals surface area contributed by atoms with Gasteiger partial charge in [0.2, 0.25) is 0 Å². The average Bonchev–Trinajstić information content (AvgIpc) is 2.58. The fraction of sp³-hybridized carbons (Fsp3) is 0.143. The van der Waals surface area contributed by atoms with Gasteiger partial charge in [0, 0.05) is 0 Å². The van der Waals surface area contributed by atoms with Crippen LogP contribution in [-0.4, -0.2) is 30.9 Å². The largest absolute Gasteiger partial charge is 0.475 e. The van der Waals surface area contributed by atoms with Gasteiger partial charge in [-0.3, -0.25) is 0 Å². The maximum atomic E-state index is 12.3. The summed E-state index contributed by atoms with van der Waals surface area (Å²) >= 11 is 0. The first kappa shape index (κ1) is 10.3. The van der Waals surface area contributed by atoms with Crippen molar-refractivity contribution in [3.8, 4) is 0 Å². The summed E-state index contributed by atoms with van der Waals surface area (Å²) in [5, 5.41) is 18.3. The highest BCUT2D eigenvalue weighted by molar-refractivity contribution is 5.84. The lowest BCUT2D eigenvalue weighted by molar-refractivity contribution is -0.141. The van der Waals surface area contributed by atoms with Crippen molar-refractivity contribution in [2.24, 2.45) is 0 Å². The van der Waals surface area contributed by atoms with Crippen LogP contribution in [0.1, 0.15) is 16.3 Å². The number of halogens is 3. The van der Waals surface area contributed by atoms with Gasteiger partial charge in [-0.15, -0.1) is 10.2 Å². The summed E-state index contributed by atoms with van der Waals surface area (Å²) in [6, 6.07) is 1.70. The Morgan fingerprint density at radius 1 is 1.31 bits per heavy atom. The third kappa shape index (κ3) is 1.55. The molecule has 0 radical (unpaired) electrons. The van der Waals surface area contributed by atoms with E-state index in [1.807, 2.05) is 0 Å². The fourth-order valence-electron chi connectivity index (χ4n) is 1.07. The minimum Gasteiger partial charge on any atom is -0.475 e. The molecule has 0 saturated heterocycles. The monoisotopic (exact) mass is 232 g/mol. The van der Waals surface area contributed by atoms with Crippen LogP contribution in [0.4, 0.5) is 13.2 Å². The molecule has 2 rings (SSSR count). The predicted octanol–water partition coefficient (Wildman–Crippen LogP) is 0.841. The summed E-state index contributed by atoms with van der Waals surface area (Å²) in [5.74, 6) is -2.17. The molecule has 0 fully saturated rings. The zero-order valence-corrected chi connectivity index (χ0v) is 7.43. The summed E-state index contributed by atoms with van der Waals surface area (Å²) in [6.45, 7) is 0. The molecule has 0 aliphatic rings. The van der Waals surface area contributed by atoms with Gasteiger partial charge in [-0.05, 0) is 12.1 Å². The Bertz CT molecular complexity index is 562. The summed E-state index contributed by atoms with van der Waals surface area (Å²) < 4.78 is 37.4. The highest BCUT2D eigenvalue weighted by atomic mass is 19.4. The van der Waals surface area contributed by atoms with Crippen molar-refractivity contribution in [1.82, 2.24) is 19.8 Å². The standard InChI is InChI=1S/C7H3F3N4O2/c8-7(9,10)3-1-2-4-11-12-5(6(15)16)14(4)13-3/h1-2H,(H,15,16). The number of rotatable bonds is 1. The van der Waals surface area contributed by atoms with Gasteiger partial charge in [0.15, 0.2) is 11.3 Å². The normalized spacial score (nSPS) is 11.9. The molecule has 6 nitrogen and oxygen atoms in total. The van der Waals surface area contributed by atoms with Gasteiger partial charge in [0.1, 0.15) is 0 Å². The minimum absolute atomic E-state index is 0.0644. The van der Waals surface area contributed by atoms with E-state index in [4.69, 9.17) is 5.11 Å². The molecule has 0 aromatic carbocycles. The molecule has 2 heterocycles. The van der Waals surface area contributed by atoms with Crippen LogP contribution in [0.3, 0.4) is 0 Å². The third-order valence-corrected chi connectivity index (χ3v) is 1.74. The van der Waals surface area contributed by atoms with E-state index in [1.165, 1.54) is 0 Å². The van der Waals surface area contributed by atoms with E-state index in [0.717, 1.165) is 6.07 Å². The second-order valence-electron chi connectivity index (χ2n) is 2.82. The van der Waals surface area contributed by atoms with Crippen molar-refractivity contribution in [3.05, 3.63) is 23.7 Å². The molecule has 0 amide bonds. The summed E-state index contributed by atoms with van der Waals surface area (Å²) in [5.41, 5.74) is -1.27. The Kier molecular flexibility index (Phi) is 2.04. The minimum atomic E-state index is -4.64. The van der Waals surface area contributed by atoms with Gasteiger partial charge in [0.25, 0.3) is 5.82 Å². The number of aromatic carboxylic acids is 1. The molecule has 1 N–H and O–H groups in total. The molecule has 0 unspecified atom stereocenters. The SMILES string of the molecule is O=C(O)c1nnc2ccc(C(F)(F)F)nn12. The van der Waals surface area contributed by atoms with Crippen molar-refractivity contribution in [2.75, 3.05) is 0 Å². The number of fused-ring (bicyclic) bond motifs is 1. The topological polar surface area (TPSA) is 80.4 Å². The van der Waals surface area contributed by atoms with Crippen LogP contribution in [0.15, 0.2) is 12.1 Å². The lowest BCUT2D eigenvalue weighted by atomic mass is 10.4. The molecule has 0 spiro atoms. The van der Waals surface area contributed by atoms with Crippen LogP contribution in [0.5, 0.6) is 0 Å². The summed E-state index contributed by atoms with van der Waals surface area (Å²) in [4.78, 5) is 10.6. The van der Waals surface area contributed by atoms with Crippen molar-refractivity contribution in [2.45, 2.75) is 6.18 Å². The smallest absolute Gasteiger partial charge is 0.435 e. The molecule has 0 atom stereocenters. The molecule has 84 valence electrons. The first-order valence-corrected chi connectivity index (χ1v) is 3.92. The van der Waals surface area contributed by atoms with Crippen LogP contribution in [-0.2, 0) is 6.18 Å². The molecule has 16 heavy (non-hydrogen) atoms. The van der Waals surface area contributed by atoms with Gasteiger partial charge in [-0.1, -0.05) is 0 Å². The van der Waals surface area contributed by atoms with Gasteiger partial charge >= 0.3 is 12.1 Å². The second-order valence-corrected chi connectivity index (χ2v) is 2.82. The molecule has 0 aliphatic heterocycles. The van der Waals surface area contributed by atoms with Crippen LogP contribution in [0.25, 0.3) is 5.65 Å². The number of carboxylic acids is 1. The first-order valence-electron chi connectivity index (χ1n) is 3.92. The van der Waals surface area contributed by atoms with E-state index >= 15 is 0 Å². The number of carbonyl (C=O) groups is 1. The van der Waals surface area contributed by atoms with E-state index in [2.05, 4.69) is 15.3 Å². The first-order chi connectivity index (χ1) is 7.39. The molecule has 9 heteroatoms. The van der Waals surface area contributed by atoms with E-state index < -0.39 is 23.7 Å². The quantitative estimate of drug-likeness (QED) is 0.787. The number of alkyl halides is 3. The number of aromatic nitrogens is 4. The Labute approximate surface area is 85.3 Å². The van der Waals surface area contributed by atoms with Crippen molar-refractivity contribution in [1.29, 1.82) is 0 Å². The molecular formula is C7H3F3N4O2. The van der Waals surface area contributed by atoms with Crippen LogP contribution in [0, 0.1) is 0 Å². The summed E-state index contributed by atoms with van der Waals surface area (Å²) in [6.07, 6.45) is -4.64. The average molecular weight is 232 g/mol. The highest BCUT2D eigenvalue weighted by Gasteiger charge is 2.33. The Balaban J connectivity index is 2.68. The maximum absolute atomic E-state index is 12.3. The molecule has 0 aliphatic carbocycles. The van der Waals surface area contributed by atoms with Crippen LogP contribution >= 0.6 is 0 Å². The van der Waals surface area contributed by atoms with E-state index in [0.29, 0.717) is 10.6 Å². The van der Waals surface area contributed by atoms with Crippen molar-refractivity contribution >= 4 is 11.6 Å². The van der Waals surface area contributed by atoms with Gasteiger partial charge in [-0.2, -0.15) is 22.8 Å². The fourth-order valence-corrected chi connectivity index (χ4v) is 1.07. The van der Waals surface area contributed by atoms with Crippen LogP contribution in [0.2, 0.25) is 0 Å². The molecule has 0 bridgehead atoms. The van der Waals surface area contributed by atoms with Gasteiger partial charge in [0.05, 0.1) is 0 Å². The number of nitrogens with zero attached hydrogens (tertiary/aromatic N) is 4. The van der Waals surface area contributed by atoms with Gasteiger partial charge in [-0.25, -0.2) is 4.79 Å². The zero-order chi connectivity index (χ0) is 11.9. The Morgan fingerprint density at radius 3 is 2.56 bits per heavy atom. The lowest BCUT2D eigenvalue weighted by Crippen LogP contribution is -2.13. The van der Waals surface area contributed by atoms with Gasteiger partial charge < -0.3 is 5.11 Å². The number of carboxylic acid groups (broad SMARTS) is 1. The van der Waals surface area contributed by atoms with E-state index in [9.17, 15) is 18.0 Å². The molecule has 0 saturated carbocycles. The van der Waals surface area contributed by atoms with E-state index in [-0.39, 0.29) is 5.65 Å². The molecule has 2 aromatic rings. The number of hydrogen-bond acceptors (Lipinski definition) is 4. The molecular weight excluding hydrogens is 229 g/mol. The maximum Gasteiger partial charge on any atom is 0.435 e. The third-order valence-electron chi connectivity index (χ3n) is 1.74. The second kappa shape index (κ2) is 3.15. The number of hydrogen-bond donors (Lipinski definition) is 1. The lowest BCUT2D eigenvalue weighted by Gasteiger charge is -2.04. The van der Waals surface area contributed by atoms with Crippen molar-refractivity contribution < 1.29 is 23.1 Å². The molecule has 2 aromatic heterocycles. The van der Waals surface area contributed by atoms with Crippen molar-refractivity contribution in [3.63, 3.8) is 0 Å². The van der Waals surface area contributed by atoms with Crippen LogP contribution < -0.4 is 0 Å². The Hall–Kier alpha value is -2.19. The predicted molar refractivity (Wildman–Crippen MR) is 42.7 cm³/mol. The summed E-state index contributed by atoms with van der Waals surface area (Å²) in [7, 11) is 0.